The first-order chi connectivity index (χ1) is 17.4. The number of carbonyl (C=O) groups excluding carboxylic acids is 1. The molecule has 204 valence electrons. The zero-order valence-corrected chi connectivity index (χ0v) is 21.7. The second-order valence-electron chi connectivity index (χ2n) is 9.56. The van der Waals surface area contributed by atoms with Gasteiger partial charge in [-0.25, -0.2) is 9.18 Å². The number of ether oxygens (including phenoxy) is 2. The summed E-state index contributed by atoms with van der Waals surface area (Å²) in [5, 5.41) is 10.1. The third-order valence-corrected chi connectivity index (χ3v) is 6.47. The van der Waals surface area contributed by atoms with Crippen molar-refractivity contribution in [1.82, 2.24) is 9.55 Å². The predicted octanol–water partition coefficient (Wildman–Crippen LogP) is 5.00. The number of anilines is 1. The maximum Gasteiger partial charge on any atom is 0.351 e. The number of nitrogens with two attached hydrogens (primary N) is 1. The minimum atomic E-state index is -1.86. The first kappa shape index (κ1) is 30.0. The summed E-state index contributed by atoms with van der Waals surface area (Å²) in [7, 11) is 0. The lowest BCUT2D eigenvalue weighted by molar-refractivity contribution is -0.150. The van der Waals surface area contributed by atoms with Gasteiger partial charge in [0.05, 0.1) is 0 Å². The van der Waals surface area contributed by atoms with Crippen molar-refractivity contribution in [3.63, 3.8) is 0 Å². The van der Waals surface area contributed by atoms with Gasteiger partial charge < -0.3 is 20.3 Å². The second-order valence-corrected chi connectivity index (χ2v) is 9.56. The maximum absolute atomic E-state index is 14.5. The summed E-state index contributed by atoms with van der Waals surface area (Å²) in [6.45, 7) is 1.96. The van der Waals surface area contributed by atoms with Gasteiger partial charge in [-0.2, -0.15) is 4.98 Å². The van der Waals surface area contributed by atoms with Gasteiger partial charge >= 0.3 is 11.7 Å². The second kappa shape index (κ2) is 17.2. The number of hydrogen-bond donors (Lipinski definition) is 2. The number of nitrogen functional groups attached to an aromatic ring is 1. The van der Waals surface area contributed by atoms with Crippen molar-refractivity contribution >= 4 is 11.8 Å². The van der Waals surface area contributed by atoms with Crippen molar-refractivity contribution in [3.05, 3.63) is 34.9 Å². The Bertz CT molecular complexity index is 847. The summed E-state index contributed by atoms with van der Waals surface area (Å²) >= 11 is 0. The Morgan fingerprint density at radius 2 is 1.72 bits per heavy atom. The summed E-state index contributed by atoms with van der Waals surface area (Å²) in [6.07, 6.45) is 15.6. The van der Waals surface area contributed by atoms with Crippen LogP contribution in [0, 0.1) is 0 Å². The molecule has 0 spiro atoms. The number of hydrogen-bond acceptors (Lipinski definition) is 7. The fourth-order valence-electron chi connectivity index (χ4n) is 4.27. The molecule has 36 heavy (non-hydrogen) atoms. The molecular formula is C27H44FN3O5. The van der Waals surface area contributed by atoms with E-state index in [1.807, 2.05) is 0 Å². The Hall–Kier alpha value is -2.26. The van der Waals surface area contributed by atoms with Crippen LogP contribution in [0.3, 0.4) is 0 Å². The molecule has 1 aliphatic rings. The molecule has 0 aromatic carbocycles. The van der Waals surface area contributed by atoms with Crippen LogP contribution in [0.25, 0.3) is 0 Å². The number of carbonyl (C=O) groups is 1. The van der Waals surface area contributed by atoms with Crippen LogP contribution in [0.5, 0.6) is 0 Å². The molecular weight excluding hydrogens is 465 g/mol. The molecule has 0 bridgehead atoms. The Morgan fingerprint density at radius 1 is 1.11 bits per heavy atom. The van der Waals surface area contributed by atoms with Gasteiger partial charge in [-0.05, 0) is 38.2 Å². The van der Waals surface area contributed by atoms with E-state index in [0.717, 1.165) is 43.1 Å². The number of aromatic nitrogens is 2. The smallest absolute Gasteiger partial charge is 0.351 e. The highest BCUT2D eigenvalue weighted by atomic mass is 19.1. The fraction of sp³-hybridized carbons (Fsp3) is 0.741. The molecule has 8 nitrogen and oxygen atoms in total. The Labute approximate surface area is 214 Å². The van der Waals surface area contributed by atoms with Crippen LogP contribution in [0.1, 0.15) is 103 Å². The predicted molar refractivity (Wildman–Crippen MR) is 138 cm³/mol. The molecule has 2 rings (SSSR count). The number of allylic oxidation sites excluding steroid dienone is 2. The molecule has 1 aliphatic heterocycles. The normalized spacial score (nSPS) is 21.9. The monoisotopic (exact) mass is 509 g/mol. The SMILES string of the molecule is CCCCCCCC/C=C/CCCCCCCC(=O)OC[C@H]1O[C@@H](n2ccc(N)nc2=O)[C@@H](F)[C@@H]1O. The van der Waals surface area contributed by atoms with Crippen molar-refractivity contribution in [2.75, 3.05) is 12.3 Å². The molecule has 1 fully saturated rings. The molecule has 9 heteroatoms. The van der Waals surface area contributed by atoms with Crippen LogP contribution in [-0.2, 0) is 14.3 Å². The molecule has 0 aliphatic carbocycles. The van der Waals surface area contributed by atoms with Gasteiger partial charge in [-0.15, -0.1) is 0 Å². The van der Waals surface area contributed by atoms with Crippen molar-refractivity contribution in [1.29, 1.82) is 0 Å². The Balaban J connectivity index is 1.50. The number of nitrogens with zero attached hydrogens (tertiary/aromatic N) is 2. The van der Waals surface area contributed by atoms with Crippen LogP contribution < -0.4 is 11.4 Å². The molecule has 4 atom stereocenters. The van der Waals surface area contributed by atoms with Crippen molar-refractivity contribution in [3.8, 4) is 0 Å². The van der Waals surface area contributed by atoms with E-state index in [1.165, 1.54) is 57.2 Å². The van der Waals surface area contributed by atoms with Gasteiger partial charge in [0.2, 0.25) is 0 Å². The summed E-state index contributed by atoms with van der Waals surface area (Å²) in [5.41, 5.74) is 4.66. The maximum atomic E-state index is 14.5. The summed E-state index contributed by atoms with van der Waals surface area (Å²) in [5.74, 6) is -0.403. The van der Waals surface area contributed by atoms with Crippen LogP contribution >= 0.6 is 0 Å². The van der Waals surface area contributed by atoms with Gasteiger partial charge in [0, 0.05) is 12.6 Å². The molecule has 0 unspecified atom stereocenters. The van der Waals surface area contributed by atoms with E-state index in [9.17, 15) is 19.1 Å². The number of unbranched alkanes of at least 4 members (excludes halogenated alkanes) is 11. The topological polar surface area (TPSA) is 117 Å². The highest BCUT2D eigenvalue weighted by Crippen LogP contribution is 2.31. The third kappa shape index (κ3) is 10.8. The van der Waals surface area contributed by atoms with E-state index < -0.39 is 36.3 Å². The lowest BCUT2D eigenvalue weighted by Crippen LogP contribution is -2.34. The lowest BCUT2D eigenvalue weighted by Gasteiger charge is -2.16. The summed E-state index contributed by atoms with van der Waals surface area (Å²) < 4.78 is 26.0. The highest BCUT2D eigenvalue weighted by molar-refractivity contribution is 5.69. The zero-order chi connectivity index (χ0) is 26.2. The zero-order valence-electron chi connectivity index (χ0n) is 21.7. The number of aliphatic hydroxyl groups excluding tert-OH is 1. The molecule has 0 amide bonds. The molecule has 0 saturated carbocycles. The van der Waals surface area contributed by atoms with Crippen LogP contribution in [-0.4, -0.2) is 45.6 Å². The van der Waals surface area contributed by atoms with Crippen molar-refractivity contribution in [2.45, 2.75) is 121 Å². The molecule has 2 heterocycles. The number of rotatable bonds is 18. The lowest BCUT2D eigenvalue weighted by atomic mass is 10.1. The first-order valence-electron chi connectivity index (χ1n) is 13.6. The van der Waals surface area contributed by atoms with Crippen molar-refractivity contribution < 1.29 is 23.8 Å². The fourth-order valence-corrected chi connectivity index (χ4v) is 4.27. The van der Waals surface area contributed by atoms with E-state index in [4.69, 9.17) is 15.2 Å². The minimum absolute atomic E-state index is 0.00586. The molecule has 1 aromatic heterocycles. The first-order valence-corrected chi connectivity index (χ1v) is 13.6. The van der Waals surface area contributed by atoms with E-state index in [0.29, 0.717) is 0 Å². The average Bonchev–Trinajstić information content (AvgIpc) is 3.13. The molecule has 1 saturated heterocycles. The number of esters is 1. The summed E-state index contributed by atoms with van der Waals surface area (Å²) in [4.78, 5) is 27.5. The highest BCUT2D eigenvalue weighted by Gasteiger charge is 2.46. The Morgan fingerprint density at radius 3 is 2.36 bits per heavy atom. The largest absolute Gasteiger partial charge is 0.463 e. The number of halogens is 1. The quantitative estimate of drug-likeness (QED) is 0.162. The molecule has 1 aromatic rings. The van der Waals surface area contributed by atoms with Gasteiger partial charge in [-0.3, -0.25) is 9.36 Å². The summed E-state index contributed by atoms with van der Waals surface area (Å²) in [6, 6.07) is 1.34. The van der Waals surface area contributed by atoms with E-state index in [-0.39, 0.29) is 18.8 Å². The van der Waals surface area contributed by atoms with E-state index in [1.54, 1.807) is 0 Å². The number of aliphatic hydroxyl groups is 1. The van der Waals surface area contributed by atoms with Gasteiger partial charge in [-0.1, -0.05) is 70.4 Å². The van der Waals surface area contributed by atoms with Crippen LogP contribution in [0.2, 0.25) is 0 Å². The van der Waals surface area contributed by atoms with Gasteiger partial charge in [0.25, 0.3) is 0 Å². The third-order valence-electron chi connectivity index (χ3n) is 6.47. The van der Waals surface area contributed by atoms with Crippen LogP contribution in [0.4, 0.5) is 10.2 Å². The van der Waals surface area contributed by atoms with Crippen molar-refractivity contribution in [2.24, 2.45) is 0 Å². The minimum Gasteiger partial charge on any atom is -0.463 e. The van der Waals surface area contributed by atoms with Gasteiger partial charge in [0.15, 0.2) is 12.4 Å². The van der Waals surface area contributed by atoms with Gasteiger partial charge in [0.1, 0.15) is 24.6 Å². The average molecular weight is 510 g/mol. The molecule has 0 radical (unpaired) electrons. The van der Waals surface area contributed by atoms with Crippen LogP contribution in [0.15, 0.2) is 29.2 Å². The van der Waals surface area contributed by atoms with E-state index >= 15 is 0 Å². The standard InChI is InChI=1S/C27H44FN3O5/c1-2-3-4-5-6-7-8-9-10-11-12-13-14-15-16-17-23(32)35-20-21-25(33)24(28)26(36-21)31-19-18-22(29)30-27(31)34/h9-10,18-19,21,24-26,33H,2-8,11-17,20H2,1H3,(H2,29,30,34)/b10-9+/t21-,24+,25-,26-/m1/s1. The Kier molecular flexibility index (Phi) is 14.4. The van der Waals surface area contributed by atoms with E-state index in [2.05, 4.69) is 24.1 Å². The number of alkyl halides is 1. The molecule has 3 N–H and O–H groups in total.